The molecule has 3 rings (SSSR count). The third kappa shape index (κ3) is 7.50. The first-order valence-electron chi connectivity index (χ1n) is 11.1. The van der Waals surface area contributed by atoms with Crippen LogP contribution < -0.4 is 16.0 Å². The average molecular weight is 448 g/mol. The van der Waals surface area contributed by atoms with Gasteiger partial charge in [-0.2, -0.15) is 4.98 Å². The summed E-state index contributed by atoms with van der Waals surface area (Å²) < 4.78 is 16.9. The van der Waals surface area contributed by atoms with Crippen molar-refractivity contribution >= 4 is 12.4 Å². The summed E-state index contributed by atoms with van der Waals surface area (Å²) >= 11 is 0. The van der Waals surface area contributed by atoms with Crippen LogP contribution >= 0.6 is 0 Å². The van der Waals surface area contributed by atoms with Crippen LogP contribution in [0.2, 0.25) is 0 Å². The lowest BCUT2D eigenvalue weighted by molar-refractivity contribution is -0.109. The van der Waals surface area contributed by atoms with Gasteiger partial charge in [0.1, 0.15) is 6.61 Å². The van der Waals surface area contributed by atoms with Crippen molar-refractivity contribution in [3.63, 3.8) is 0 Å². The van der Waals surface area contributed by atoms with Crippen molar-refractivity contribution in [1.29, 1.82) is 0 Å². The second-order valence-electron chi connectivity index (χ2n) is 8.13. The highest BCUT2D eigenvalue weighted by Crippen LogP contribution is 2.19. The molecule has 2 aromatic heterocycles. The van der Waals surface area contributed by atoms with E-state index in [-0.39, 0.29) is 24.9 Å². The molecule has 0 aliphatic carbocycles. The van der Waals surface area contributed by atoms with Gasteiger partial charge in [-0.1, -0.05) is 5.16 Å². The molecular formula is C21H33N7O4. The number of piperidine rings is 1. The van der Waals surface area contributed by atoms with Gasteiger partial charge in [-0.15, -0.1) is 0 Å². The third-order valence-corrected chi connectivity index (χ3v) is 5.13. The number of nitrogens with zero attached hydrogens (tertiary/aromatic N) is 5. The van der Waals surface area contributed by atoms with Gasteiger partial charge in [-0.05, 0) is 39.5 Å². The fourth-order valence-electron chi connectivity index (χ4n) is 3.46. The SMILES string of the molecule is CC(C)OCCC(CCNC=O)OCc1nc(-c2cnc(N3CCCC(N)C3)nc2)no1. The lowest BCUT2D eigenvalue weighted by Gasteiger charge is -2.30. The molecule has 0 bridgehead atoms. The first-order chi connectivity index (χ1) is 15.5. The highest BCUT2D eigenvalue weighted by Gasteiger charge is 2.19. The summed E-state index contributed by atoms with van der Waals surface area (Å²) in [4.78, 5) is 25.9. The largest absolute Gasteiger partial charge is 0.379 e. The van der Waals surface area contributed by atoms with Crippen molar-refractivity contribution in [2.24, 2.45) is 5.73 Å². The maximum atomic E-state index is 10.5. The second-order valence-corrected chi connectivity index (χ2v) is 8.13. The molecule has 0 saturated carbocycles. The van der Waals surface area contributed by atoms with E-state index in [2.05, 4.69) is 30.3 Å². The van der Waals surface area contributed by atoms with Crippen molar-refractivity contribution in [2.45, 2.75) is 64.4 Å². The summed E-state index contributed by atoms with van der Waals surface area (Å²) in [5.41, 5.74) is 6.71. The third-order valence-electron chi connectivity index (χ3n) is 5.13. The zero-order valence-corrected chi connectivity index (χ0v) is 18.8. The molecule has 1 aliphatic rings. The fourth-order valence-corrected chi connectivity index (χ4v) is 3.46. The van der Waals surface area contributed by atoms with Gasteiger partial charge in [0.05, 0.1) is 17.8 Å². The van der Waals surface area contributed by atoms with Crippen LogP contribution in [0.3, 0.4) is 0 Å². The van der Waals surface area contributed by atoms with Gasteiger partial charge < -0.3 is 29.9 Å². The van der Waals surface area contributed by atoms with Gasteiger partial charge in [0, 0.05) is 44.7 Å². The van der Waals surface area contributed by atoms with E-state index < -0.39 is 0 Å². The molecule has 2 unspecified atom stereocenters. The standard InChI is InChI=1S/C21H33N7O4/c1-15(2)30-9-6-18(5-7-23-14-29)31-13-19-26-20(27-32-19)16-10-24-21(25-11-16)28-8-3-4-17(22)12-28/h10-11,14-15,17-18H,3-9,12-13,22H2,1-2H3,(H,23,29). The minimum absolute atomic E-state index is 0.102. The van der Waals surface area contributed by atoms with E-state index in [0.717, 1.165) is 25.9 Å². The van der Waals surface area contributed by atoms with Gasteiger partial charge in [-0.25, -0.2) is 9.97 Å². The molecule has 0 spiro atoms. The van der Waals surface area contributed by atoms with Crippen LogP contribution in [-0.4, -0.2) is 71.0 Å². The van der Waals surface area contributed by atoms with Crippen molar-refractivity contribution < 1.29 is 18.8 Å². The number of anilines is 1. The first kappa shape index (κ1) is 24.0. The predicted molar refractivity (Wildman–Crippen MR) is 118 cm³/mol. The zero-order chi connectivity index (χ0) is 22.8. The van der Waals surface area contributed by atoms with E-state index in [9.17, 15) is 4.79 Å². The van der Waals surface area contributed by atoms with Crippen molar-refractivity contribution in [3.8, 4) is 11.4 Å². The number of nitrogens with one attached hydrogen (secondary N) is 1. The van der Waals surface area contributed by atoms with E-state index in [1.54, 1.807) is 12.4 Å². The molecular weight excluding hydrogens is 414 g/mol. The maximum Gasteiger partial charge on any atom is 0.252 e. The molecule has 0 radical (unpaired) electrons. The Morgan fingerprint density at radius 3 is 2.84 bits per heavy atom. The molecule has 3 N–H and O–H groups in total. The van der Waals surface area contributed by atoms with Gasteiger partial charge >= 0.3 is 0 Å². The van der Waals surface area contributed by atoms with E-state index in [4.69, 9.17) is 19.7 Å². The summed E-state index contributed by atoms with van der Waals surface area (Å²) in [6, 6.07) is 0.154. The normalized spacial score (nSPS) is 17.5. The minimum Gasteiger partial charge on any atom is -0.379 e. The van der Waals surface area contributed by atoms with Crippen molar-refractivity contribution in [3.05, 3.63) is 18.3 Å². The Hall–Kier alpha value is -2.63. The van der Waals surface area contributed by atoms with Crippen molar-refractivity contribution in [2.75, 3.05) is 31.1 Å². The Kier molecular flexibility index (Phi) is 9.32. The van der Waals surface area contributed by atoms with Gasteiger partial charge in [0.15, 0.2) is 0 Å². The summed E-state index contributed by atoms with van der Waals surface area (Å²) in [6.07, 6.45) is 7.55. The van der Waals surface area contributed by atoms with Crippen LogP contribution in [0.25, 0.3) is 11.4 Å². The Morgan fingerprint density at radius 2 is 2.12 bits per heavy atom. The van der Waals surface area contributed by atoms with E-state index in [1.807, 2.05) is 13.8 Å². The number of rotatable bonds is 13. The molecule has 1 amide bonds. The van der Waals surface area contributed by atoms with Gasteiger partial charge in [-0.3, -0.25) is 4.79 Å². The molecule has 11 heteroatoms. The van der Waals surface area contributed by atoms with E-state index in [1.165, 1.54) is 0 Å². The lowest BCUT2D eigenvalue weighted by Crippen LogP contribution is -2.43. The van der Waals surface area contributed by atoms with E-state index in [0.29, 0.717) is 55.6 Å². The maximum absolute atomic E-state index is 10.5. The molecule has 0 aromatic carbocycles. The number of carbonyl (C=O) groups excluding carboxylic acids is 1. The molecule has 176 valence electrons. The number of carbonyl (C=O) groups is 1. The molecule has 2 aromatic rings. The average Bonchev–Trinajstić information content (AvgIpc) is 3.26. The minimum atomic E-state index is -0.102. The van der Waals surface area contributed by atoms with Crippen LogP contribution in [0, 0.1) is 0 Å². The summed E-state index contributed by atoms with van der Waals surface area (Å²) in [6.45, 7) is 6.91. The number of hydrogen-bond donors (Lipinski definition) is 2. The van der Waals surface area contributed by atoms with E-state index >= 15 is 0 Å². The topological polar surface area (TPSA) is 142 Å². The molecule has 1 aliphatic heterocycles. The Morgan fingerprint density at radius 1 is 1.31 bits per heavy atom. The number of hydrogen-bond acceptors (Lipinski definition) is 10. The molecule has 1 saturated heterocycles. The molecule has 32 heavy (non-hydrogen) atoms. The zero-order valence-electron chi connectivity index (χ0n) is 18.8. The summed E-state index contributed by atoms with van der Waals surface area (Å²) in [5.74, 6) is 1.43. The monoisotopic (exact) mass is 447 g/mol. The second kappa shape index (κ2) is 12.4. The number of aromatic nitrogens is 4. The highest BCUT2D eigenvalue weighted by molar-refractivity contribution is 5.52. The number of amides is 1. The van der Waals surface area contributed by atoms with Crippen LogP contribution in [-0.2, 0) is 20.9 Å². The summed E-state index contributed by atoms with van der Waals surface area (Å²) in [5, 5.41) is 6.67. The molecule has 3 heterocycles. The molecule has 11 nitrogen and oxygen atoms in total. The van der Waals surface area contributed by atoms with Crippen molar-refractivity contribution in [1.82, 2.24) is 25.4 Å². The number of ether oxygens (including phenoxy) is 2. The van der Waals surface area contributed by atoms with Gasteiger partial charge in [0.25, 0.3) is 5.89 Å². The Labute approximate surface area is 188 Å². The Balaban J connectivity index is 1.53. The first-order valence-corrected chi connectivity index (χ1v) is 11.1. The number of nitrogens with two attached hydrogens (primary N) is 1. The van der Waals surface area contributed by atoms with Crippen LogP contribution in [0.4, 0.5) is 5.95 Å². The smallest absolute Gasteiger partial charge is 0.252 e. The lowest BCUT2D eigenvalue weighted by atomic mass is 10.1. The summed E-state index contributed by atoms with van der Waals surface area (Å²) in [7, 11) is 0. The van der Waals surface area contributed by atoms with Crippen LogP contribution in [0.1, 0.15) is 45.4 Å². The predicted octanol–water partition coefficient (Wildman–Crippen LogP) is 1.29. The van der Waals surface area contributed by atoms with Crippen LogP contribution in [0.5, 0.6) is 0 Å². The Bertz CT molecular complexity index is 815. The quantitative estimate of drug-likeness (QED) is 0.341. The van der Waals surface area contributed by atoms with Gasteiger partial charge in [0.2, 0.25) is 18.2 Å². The van der Waals surface area contributed by atoms with Crippen LogP contribution in [0.15, 0.2) is 16.9 Å². The molecule has 2 atom stereocenters. The highest BCUT2D eigenvalue weighted by atomic mass is 16.5. The molecule has 1 fully saturated rings. The fraction of sp³-hybridized carbons (Fsp3) is 0.667.